The summed E-state index contributed by atoms with van der Waals surface area (Å²) < 4.78 is 5.16. The minimum absolute atomic E-state index is 0.110. The van der Waals surface area contributed by atoms with E-state index in [9.17, 15) is 4.79 Å². The molecule has 0 saturated heterocycles. The van der Waals surface area contributed by atoms with Gasteiger partial charge in [-0.15, -0.1) is 0 Å². The number of rotatable bonds is 1. The number of ether oxygens (including phenoxy) is 1. The van der Waals surface area contributed by atoms with Crippen LogP contribution in [0.5, 0.6) is 0 Å². The molecule has 3 aliphatic rings. The highest BCUT2D eigenvalue weighted by atomic mass is 16.6. The zero-order valence-electron chi connectivity index (χ0n) is 8.06. The van der Waals surface area contributed by atoms with Crippen molar-refractivity contribution < 1.29 is 9.53 Å². The lowest BCUT2D eigenvalue weighted by atomic mass is 9.80. The van der Waals surface area contributed by atoms with Crippen LogP contribution in [0, 0.1) is 23.7 Å². The number of carbonyl (C=O) groups excluding carboxylic acids is 1. The average Bonchev–Trinajstić information content (AvgIpc) is 2.68. The van der Waals surface area contributed by atoms with Crippen molar-refractivity contribution in [2.24, 2.45) is 29.4 Å². The van der Waals surface area contributed by atoms with Gasteiger partial charge in [0.15, 0.2) is 0 Å². The van der Waals surface area contributed by atoms with E-state index in [1.807, 2.05) is 0 Å². The summed E-state index contributed by atoms with van der Waals surface area (Å²) in [5.74, 6) is 2.83. The Hall–Kier alpha value is -0.990. The minimum Gasteiger partial charge on any atom is -0.446 e. The van der Waals surface area contributed by atoms with E-state index in [0.29, 0.717) is 5.92 Å². The number of hydrogen-bond acceptors (Lipinski definition) is 2. The van der Waals surface area contributed by atoms with E-state index in [-0.39, 0.29) is 6.10 Å². The van der Waals surface area contributed by atoms with Crippen LogP contribution in [0.15, 0.2) is 12.2 Å². The second-order valence-corrected chi connectivity index (χ2v) is 4.78. The van der Waals surface area contributed by atoms with Crippen molar-refractivity contribution in [3.63, 3.8) is 0 Å². The summed E-state index contributed by atoms with van der Waals surface area (Å²) in [6.45, 7) is 0. The third kappa shape index (κ3) is 1.01. The van der Waals surface area contributed by atoms with Crippen LogP contribution in [0.4, 0.5) is 4.79 Å². The van der Waals surface area contributed by atoms with Crippen molar-refractivity contribution in [2.45, 2.75) is 25.4 Å². The van der Waals surface area contributed by atoms with Crippen LogP contribution in [-0.4, -0.2) is 12.2 Å². The Labute approximate surface area is 83.3 Å². The standard InChI is InChI=1S/C11H15NO2/c12-11(13)14-10-5-6-4-9(10)8-3-1-2-7(6)8/h1-2,6-10H,3-5H2,(H2,12,13). The first kappa shape index (κ1) is 8.33. The highest BCUT2D eigenvalue weighted by Gasteiger charge is 2.53. The van der Waals surface area contributed by atoms with Gasteiger partial charge in [0.1, 0.15) is 6.10 Å². The molecule has 0 radical (unpaired) electrons. The van der Waals surface area contributed by atoms with E-state index in [1.54, 1.807) is 0 Å². The summed E-state index contributed by atoms with van der Waals surface area (Å²) in [5, 5.41) is 0. The van der Waals surface area contributed by atoms with Gasteiger partial charge >= 0.3 is 6.09 Å². The Morgan fingerprint density at radius 1 is 1.36 bits per heavy atom. The molecule has 76 valence electrons. The highest BCUT2D eigenvalue weighted by molar-refractivity contribution is 5.64. The Bertz CT molecular complexity index is 300. The molecular formula is C11H15NO2. The molecule has 0 aromatic rings. The summed E-state index contributed by atoms with van der Waals surface area (Å²) in [6, 6.07) is 0. The summed E-state index contributed by atoms with van der Waals surface area (Å²) in [6.07, 6.45) is 7.57. The zero-order chi connectivity index (χ0) is 9.71. The maximum atomic E-state index is 10.7. The SMILES string of the molecule is NC(=O)OC1CC2CC1C1CC=CC21. The summed E-state index contributed by atoms with van der Waals surface area (Å²) in [4.78, 5) is 10.7. The van der Waals surface area contributed by atoms with Gasteiger partial charge in [-0.05, 0) is 37.0 Å². The maximum Gasteiger partial charge on any atom is 0.404 e. The molecule has 0 aliphatic heterocycles. The minimum atomic E-state index is -0.606. The molecule has 3 heteroatoms. The van der Waals surface area contributed by atoms with Gasteiger partial charge in [0.25, 0.3) is 0 Å². The third-order valence-electron chi connectivity index (χ3n) is 4.21. The quantitative estimate of drug-likeness (QED) is 0.644. The lowest BCUT2D eigenvalue weighted by Gasteiger charge is -2.30. The van der Waals surface area contributed by atoms with Crippen LogP contribution in [-0.2, 0) is 4.74 Å². The number of amides is 1. The van der Waals surface area contributed by atoms with Gasteiger partial charge in [-0.25, -0.2) is 4.79 Å². The molecule has 3 nitrogen and oxygen atoms in total. The number of nitrogens with two attached hydrogens (primary N) is 1. The van der Waals surface area contributed by atoms with Crippen LogP contribution in [0.1, 0.15) is 19.3 Å². The first-order valence-electron chi connectivity index (χ1n) is 5.38. The normalized spacial score (nSPS) is 48.1. The Morgan fingerprint density at radius 3 is 3.00 bits per heavy atom. The van der Waals surface area contributed by atoms with Gasteiger partial charge in [-0.1, -0.05) is 12.2 Å². The molecule has 5 atom stereocenters. The second kappa shape index (κ2) is 2.75. The van der Waals surface area contributed by atoms with Crippen molar-refractivity contribution >= 4 is 6.09 Å². The topological polar surface area (TPSA) is 52.3 Å². The Kier molecular flexibility index (Phi) is 1.64. The smallest absolute Gasteiger partial charge is 0.404 e. The van der Waals surface area contributed by atoms with E-state index in [1.165, 1.54) is 12.8 Å². The molecular weight excluding hydrogens is 178 g/mol. The Balaban J connectivity index is 1.75. The van der Waals surface area contributed by atoms with E-state index >= 15 is 0 Å². The molecule has 5 unspecified atom stereocenters. The fourth-order valence-corrected chi connectivity index (χ4v) is 3.78. The summed E-state index contributed by atoms with van der Waals surface area (Å²) in [5.41, 5.74) is 5.06. The maximum absolute atomic E-state index is 10.7. The van der Waals surface area contributed by atoms with Gasteiger partial charge in [-0.2, -0.15) is 0 Å². The fourth-order valence-electron chi connectivity index (χ4n) is 3.78. The van der Waals surface area contributed by atoms with E-state index in [0.717, 1.165) is 24.2 Å². The van der Waals surface area contributed by atoms with Gasteiger partial charge in [-0.3, -0.25) is 0 Å². The zero-order valence-corrected chi connectivity index (χ0v) is 8.06. The van der Waals surface area contributed by atoms with E-state index < -0.39 is 6.09 Å². The fraction of sp³-hybridized carbons (Fsp3) is 0.727. The van der Waals surface area contributed by atoms with Crippen molar-refractivity contribution in [3.8, 4) is 0 Å². The van der Waals surface area contributed by atoms with Crippen molar-refractivity contribution in [1.29, 1.82) is 0 Å². The number of primary amides is 1. The average molecular weight is 193 g/mol. The molecule has 3 rings (SSSR count). The molecule has 14 heavy (non-hydrogen) atoms. The lowest BCUT2D eigenvalue weighted by Crippen LogP contribution is -2.33. The van der Waals surface area contributed by atoms with Crippen LogP contribution in [0.25, 0.3) is 0 Å². The van der Waals surface area contributed by atoms with Crippen molar-refractivity contribution in [3.05, 3.63) is 12.2 Å². The number of allylic oxidation sites excluding steroid dienone is 2. The highest BCUT2D eigenvalue weighted by Crippen LogP contribution is 2.57. The molecule has 2 saturated carbocycles. The molecule has 3 aliphatic carbocycles. The van der Waals surface area contributed by atoms with Gasteiger partial charge < -0.3 is 10.5 Å². The first-order valence-corrected chi connectivity index (χ1v) is 5.38. The predicted octanol–water partition coefficient (Wildman–Crippen LogP) is 1.68. The van der Waals surface area contributed by atoms with Crippen LogP contribution in [0.2, 0.25) is 0 Å². The Morgan fingerprint density at radius 2 is 2.21 bits per heavy atom. The predicted molar refractivity (Wildman–Crippen MR) is 51.4 cm³/mol. The van der Waals surface area contributed by atoms with Gasteiger partial charge in [0.2, 0.25) is 0 Å². The monoisotopic (exact) mass is 193 g/mol. The van der Waals surface area contributed by atoms with Gasteiger partial charge in [0, 0.05) is 5.92 Å². The molecule has 2 fully saturated rings. The molecule has 2 N–H and O–H groups in total. The van der Waals surface area contributed by atoms with Gasteiger partial charge in [0.05, 0.1) is 0 Å². The van der Waals surface area contributed by atoms with E-state index in [2.05, 4.69) is 12.2 Å². The molecule has 1 amide bonds. The third-order valence-corrected chi connectivity index (χ3v) is 4.21. The van der Waals surface area contributed by atoms with Crippen LogP contribution < -0.4 is 5.73 Å². The number of hydrogen-bond donors (Lipinski definition) is 1. The largest absolute Gasteiger partial charge is 0.446 e. The van der Waals surface area contributed by atoms with Crippen LogP contribution >= 0.6 is 0 Å². The summed E-state index contributed by atoms with van der Waals surface area (Å²) >= 11 is 0. The van der Waals surface area contributed by atoms with E-state index in [4.69, 9.17) is 10.5 Å². The first-order chi connectivity index (χ1) is 6.75. The molecule has 0 aromatic heterocycles. The number of carbonyl (C=O) groups is 1. The summed E-state index contributed by atoms with van der Waals surface area (Å²) in [7, 11) is 0. The van der Waals surface area contributed by atoms with Crippen LogP contribution in [0.3, 0.4) is 0 Å². The molecule has 2 bridgehead atoms. The molecule has 0 aromatic carbocycles. The molecule has 0 spiro atoms. The molecule has 0 heterocycles. The number of fused-ring (bicyclic) bond motifs is 5. The van der Waals surface area contributed by atoms with Crippen molar-refractivity contribution in [1.82, 2.24) is 0 Å². The van der Waals surface area contributed by atoms with Crippen molar-refractivity contribution in [2.75, 3.05) is 0 Å². The second-order valence-electron chi connectivity index (χ2n) is 4.78. The lowest BCUT2D eigenvalue weighted by molar-refractivity contribution is 0.0442.